The maximum Gasteiger partial charge on any atom is 2.00 e. The Morgan fingerprint density at radius 3 is 2.23 bits per heavy atom. The molecule has 0 radical (unpaired) electrons. The fourth-order valence-electron chi connectivity index (χ4n) is 2.22. The average Bonchev–Trinajstić information content (AvgIpc) is 2.49. The molecular formula is C16H17ClN2O2Pt+2. The molecule has 2 heterocycles. The molecule has 0 fully saturated rings. The molecule has 0 bridgehead atoms. The molecule has 22 heavy (non-hydrogen) atoms. The van der Waals surface area contributed by atoms with Gasteiger partial charge in [0, 0.05) is 18.8 Å². The quantitative estimate of drug-likeness (QED) is 0.594. The third-order valence-electron chi connectivity index (χ3n) is 3.19. The molecule has 6 heteroatoms. The zero-order valence-electron chi connectivity index (χ0n) is 11.6. The van der Waals surface area contributed by atoms with Crippen molar-refractivity contribution >= 4 is 17.2 Å². The van der Waals surface area contributed by atoms with Crippen LogP contribution in [0.2, 0.25) is 0 Å². The van der Waals surface area contributed by atoms with E-state index in [0.29, 0.717) is 6.42 Å². The van der Waals surface area contributed by atoms with E-state index < -0.39 is 4.87 Å². The van der Waals surface area contributed by atoms with Crippen molar-refractivity contribution in [1.29, 1.82) is 0 Å². The summed E-state index contributed by atoms with van der Waals surface area (Å²) in [5, 5.41) is 0. The number of hydrogen-bond acceptors (Lipinski definition) is 2. The summed E-state index contributed by atoms with van der Waals surface area (Å²) in [7, 11) is 0. The molecule has 0 saturated carbocycles. The molecule has 118 valence electrons. The smallest absolute Gasteiger partial charge is 0.412 e. The van der Waals surface area contributed by atoms with Crippen molar-refractivity contribution < 1.29 is 32.0 Å². The van der Waals surface area contributed by atoms with E-state index in [1.165, 1.54) is 0 Å². The van der Waals surface area contributed by atoms with Crippen molar-refractivity contribution in [3.8, 4) is 0 Å². The minimum atomic E-state index is -0.580. The second-order valence-corrected chi connectivity index (χ2v) is 5.19. The first-order valence-corrected chi connectivity index (χ1v) is 6.56. The Balaban J connectivity index is 0.00000147. The Labute approximate surface area is 148 Å². The van der Waals surface area contributed by atoms with Gasteiger partial charge in [-0.05, 0) is 29.8 Å². The van der Waals surface area contributed by atoms with Gasteiger partial charge in [0.1, 0.15) is 4.87 Å². The molecule has 1 aliphatic rings. The van der Waals surface area contributed by atoms with E-state index in [2.05, 4.69) is 16.0 Å². The van der Waals surface area contributed by atoms with Crippen LogP contribution in [-0.2, 0) is 25.9 Å². The first-order chi connectivity index (χ1) is 9.28. The Morgan fingerprint density at radius 2 is 1.64 bits per heavy atom. The number of aromatic nitrogens is 2. The monoisotopic (exact) mass is 499 g/mol. The van der Waals surface area contributed by atoms with E-state index in [0.717, 1.165) is 17.0 Å². The largest absolute Gasteiger partial charge is 2.00 e. The van der Waals surface area contributed by atoms with Gasteiger partial charge in [-0.2, -0.15) is 0 Å². The normalized spacial score (nSPS) is 19.0. The summed E-state index contributed by atoms with van der Waals surface area (Å²) < 4.78 is 0. The van der Waals surface area contributed by atoms with Crippen molar-refractivity contribution in [1.82, 2.24) is 9.97 Å². The SMILES string of the molecule is ClC1(c2ccccn2)C=CC=C(c2ccccn2)C1.O.O.[Pt+2]. The number of hydrogen-bond donors (Lipinski definition) is 0. The van der Waals surface area contributed by atoms with Crippen molar-refractivity contribution in [3.05, 3.63) is 78.4 Å². The van der Waals surface area contributed by atoms with Gasteiger partial charge in [-0.15, -0.1) is 11.6 Å². The summed E-state index contributed by atoms with van der Waals surface area (Å²) >= 11 is 6.73. The molecule has 2 aromatic heterocycles. The zero-order chi connectivity index (χ0) is 13.1. The number of pyridine rings is 2. The van der Waals surface area contributed by atoms with Gasteiger partial charge in [-0.3, -0.25) is 9.97 Å². The molecule has 4 N–H and O–H groups in total. The van der Waals surface area contributed by atoms with Crippen molar-refractivity contribution in [2.75, 3.05) is 0 Å². The minimum Gasteiger partial charge on any atom is -0.412 e. The van der Waals surface area contributed by atoms with Gasteiger partial charge in [-0.1, -0.05) is 30.4 Å². The van der Waals surface area contributed by atoms with Crippen LogP contribution in [0.5, 0.6) is 0 Å². The van der Waals surface area contributed by atoms with Crippen LogP contribution in [0, 0.1) is 0 Å². The van der Waals surface area contributed by atoms with Crippen molar-refractivity contribution in [2.24, 2.45) is 0 Å². The van der Waals surface area contributed by atoms with Gasteiger partial charge in [0.25, 0.3) is 0 Å². The number of allylic oxidation sites excluding steroid dienone is 4. The van der Waals surface area contributed by atoms with E-state index in [9.17, 15) is 0 Å². The molecule has 1 atom stereocenters. The zero-order valence-corrected chi connectivity index (χ0v) is 14.7. The standard InChI is InChI=1S/C16H13ClN2.2H2O.Pt/c17-16(15-8-2-4-11-19-15)9-5-6-13(12-16)14-7-1-3-10-18-14;;;/h1-11H,12H2;2*1H2;/q;;;+2. The molecule has 2 aromatic rings. The minimum absolute atomic E-state index is 0. The molecule has 1 unspecified atom stereocenters. The van der Waals surface area contributed by atoms with Gasteiger partial charge in [0.15, 0.2) is 0 Å². The van der Waals surface area contributed by atoms with Crippen LogP contribution in [0.3, 0.4) is 0 Å². The summed E-state index contributed by atoms with van der Waals surface area (Å²) in [4.78, 5) is 8.17. The molecular weight excluding hydrogens is 483 g/mol. The summed E-state index contributed by atoms with van der Waals surface area (Å²) in [5.74, 6) is 0. The van der Waals surface area contributed by atoms with Gasteiger partial charge in [0.2, 0.25) is 0 Å². The molecule has 0 amide bonds. The number of rotatable bonds is 2. The predicted octanol–water partition coefficient (Wildman–Crippen LogP) is 2.30. The third kappa shape index (κ3) is 4.34. The average molecular weight is 500 g/mol. The van der Waals surface area contributed by atoms with E-state index in [-0.39, 0.29) is 32.0 Å². The first-order valence-electron chi connectivity index (χ1n) is 6.18. The van der Waals surface area contributed by atoms with E-state index in [4.69, 9.17) is 11.6 Å². The van der Waals surface area contributed by atoms with Crippen LogP contribution in [0.4, 0.5) is 0 Å². The molecule has 4 nitrogen and oxygen atoms in total. The van der Waals surface area contributed by atoms with Crippen molar-refractivity contribution in [3.63, 3.8) is 0 Å². The first kappa shape index (κ1) is 20.7. The maximum atomic E-state index is 6.73. The van der Waals surface area contributed by atoms with Crippen LogP contribution in [-0.4, -0.2) is 20.9 Å². The second kappa shape index (κ2) is 8.96. The molecule has 0 saturated heterocycles. The van der Waals surface area contributed by atoms with Crippen LogP contribution < -0.4 is 0 Å². The Bertz CT molecular complexity index is 635. The molecule has 1 aliphatic carbocycles. The predicted molar refractivity (Wildman–Crippen MR) is 85.0 cm³/mol. The summed E-state index contributed by atoms with van der Waals surface area (Å²) in [6.45, 7) is 0. The summed E-state index contributed by atoms with van der Waals surface area (Å²) in [6.07, 6.45) is 10.3. The van der Waals surface area contributed by atoms with Gasteiger partial charge < -0.3 is 11.0 Å². The Hall–Kier alpha value is -1.32. The fourth-order valence-corrected chi connectivity index (χ4v) is 2.55. The van der Waals surface area contributed by atoms with Crippen LogP contribution in [0.15, 0.2) is 67.0 Å². The Kier molecular flexibility index (Phi) is 8.42. The van der Waals surface area contributed by atoms with Crippen LogP contribution in [0.25, 0.3) is 5.57 Å². The van der Waals surface area contributed by atoms with E-state index in [1.54, 1.807) is 12.4 Å². The number of nitrogens with zero attached hydrogens (tertiary/aromatic N) is 2. The number of alkyl halides is 1. The molecule has 0 spiro atoms. The van der Waals surface area contributed by atoms with E-state index in [1.807, 2.05) is 48.6 Å². The fraction of sp³-hybridized carbons (Fsp3) is 0.125. The molecule has 0 aromatic carbocycles. The van der Waals surface area contributed by atoms with Gasteiger partial charge in [0.05, 0.1) is 11.4 Å². The number of halogens is 1. The van der Waals surface area contributed by atoms with Gasteiger partial charge >= 0.3 is 21.1 Å². The Morgan fingerprint density at radius 1 is 0.955 bits per heavy atom. The third-order valence-corrected chi connectivity index (χ3v) is 3.64. The van der Waals surface area contributed by atoms with Crippen LogP contribution in [0.1, 0.15) is 17.8 Å². The van der Waals surface area contributed by atoms with Gasteiger partial charge in [-0.25, -0.2) is 0 Å². The van der Waals surface area contributed by atoms with Crippen molar-refractivity contribution in [2.45, 2.75) is 11.3 Å². The molecule has 3 rings (SSSR count). The molecule has 0 aliphatic heterocycles. The van der Waals surface area contributed by atoms with E-state index >= 15 is 0 Å². The second-order valence-electron chi connectivity index (χ2n) is 4.52. The topological polar surface area (TPSA) is 88.8 Å². The summed E-state index contributed by atoms with van der Waals surface area (Å²) in [5.41, 5.74) is 2.96. The summed E-state index contributed by atoms with van der Waals surface area (Å²) in [6, 6.07) is 11.7. The maximum absolute atomic E-state index is 6.73. The van der Waals surface area contributed by atoms with Crippen LogP contribution >= 0.6 is 11.6 Å².